The topological polar surface area (TPSA) is 97.0 Å². The van der Waals surface area contributed by atoms with E-state index < -0.39 is 10.0 Å². The Labute approximate surface area is 203 Å². The van der Waals surface area contributed by atoms with Crippen molar-refractivity contribution in [1.82, 2.24) is 14.9 Å². The lowest BCUT2D eigenvalue weighted by molar-refractivity contribution is -0.131. The number of ether oxygens (including phenoxy) is 2. The van der Waals surface area contributed by atoms with Gasteiger partial charge in [0.1, 0.15) is 0 Å². The molecule has 3 rings (SSSR count). The van der Waals surface area contributed by atoms with Crippen LogP contribution in [0.4, 0.5) is 0 Å². The highest BCUT2D eigenvalue weighted by Gasteiger charge is 2.41. The summed E-state index contributed by atoms with van der Waals surface area (Å²) in [7, 11) is 0.0541. The van der Waals surface area contributed by atoms with Crippen molar-refractivity contribution in [3.8, 4) is 0 Å². The Kier molecular flexibility index (Phi) is 10.0. The minimum Gasteiger partial charge on any atom is -0.381 e. The van der Waals surface area contributed by atoms with Gasteiger partial charge in [0.15, 0.2) is 0 Å². The van der Waals surface area contributed by atoms with Gasteiger partial charge in [-0.25, -0.2) is 13.1 Å². The summed E-state index contributed by atoms with van der Waals surface area (Å²) in [6.45, 7) is 4.66. The molecule has 4 unspecified atom stereocenters. The maximum Gasteiger partial charge on any atom is 0.236 e. The highest BCUT2D eigenvalue weighted by molar-refractivity contribution is 7.92. The molecule has 0 radical (unpaired) electrons. The first-order valence-electron chi connectivity index (χ1n) is 12.1. The lowest BCUT2D eigenvalue weighted by Crippen LogP contribution is -2.54. The van der Waals surface area contributed by atoms with Crippen LogP contribution in [0.5, 0.6) is 0 Å². The summed E-state index contributed by atoms with van der Waals surface area (Å²) in [5, 5.41) is 4.48. The predicted octanol–water partition coefficient (Wildman–Crippen LogP) is 2.24. The molecule has 4 atom stereocenters. The second-order valence-electron chi connectivity index (χ2n) is 9.67. The van der Waals surface area contributed by atoms with Crippen molar-refractivity contribution >= 4 is 27.5 Å². The van der Waals surface area contributed by atoms with Gasteiger partial charge in [0.2, 0.25) is 15.9 Å². The van der Waals surface area contributed by atoms with Crippen molar-refractivity contribution in [1.29, 1.82) is 0 Å². The molecule has 1 saturated heterocycles. The first-order chi connectivity index (χ1) is 15.8. The number of amides is 1. The molecule has 3 fully saturated rings. The van der Waals surface area contributed by atoms with Gasteiger partial charge in [-0.15, -0.1) is 11.6 Å². The molecule has 2 aliphatic carbocycles. The van der Waals surface area contributed by atoms with Crippen LogP contribution in [0.2, 0.25) is 0 Å². The molecule has 1 heterocycles. The number of sulfonamides is 1. The van der Waals surface area contributed by atoms with Gasteiger partial charge < -0.3 is 19.7 Å². The third kappa shape index (κ3) is 7.39. The molecule has 1 aliphatic heterocycles. The van der Waals surface area contributed by atoms with Gasteiger partial charge in [-0.1, -0.05) is 6.58 Å². The number of rotatable bonds is 9. The smallest absolute Gasteiger partial charge is 0.236 e. The van der Waals surface area contributed by atoms with E-state index >= 15 is 0 Å². The molecule has 10 heteroatoms. The summed E-state index contributed by atoms with van der Waals surface area (Å²) in [5.41, 5.74) is 0. The number of piperidine rings is 1. The van der Waals surface area contributed by atoms with Gasteiger partial charge in [0.25, 0.3) is 0 Å². The van der Waals surface area contributed by atoms with Crippen LogP contribution < -0.4 is 10.0 Å². The standard InChI is InChI=1S/C23H40ClN3O5S/c1-4-33(29,30)26-17-9-11-27(12-10-17)23(28)15-25-21-13-19(20(24)14-22(21)32-3)16-5-7-18(31-2)8-6-16/h4,16-22,25-26H,1,5-15H2,2-3H3. The van der Waals surface area contributed by atoms with Crippen molar-refractivity contribution < 1.29 is 22.7 Å². The average Bonchev–Trinajstić information content (AvgIpc) is 2.83. The second kappa shape index (κ2) is 12.3. The van der Waals surface area contributed by atoms with E-state index in [1.165, 1.54) is 0 Å². The molecule has 1 amide bonds. The van der Waals surface area contributed by atoms with E-state index in [1.54, 1.807) is 14.2 Å². The molecule has 33 heavy (non-hydrogen) atoms. The Morgan fingerprint density at radius 1 is 1.09 bits per heavy atom. The Morgan fingerprint density at radius 3 is 2.33 bits per heavy atom. The number of nitrogens with one attached hydrogen (secondary N) is 2. The third-order valence-corrected chi connectivity index (χ3v) is 9.37. The molecule has 0 aromatic carbocycles. The molecule has 190 valence electrons. The van der Waals surface area contributed by atoms with Crippen molar-refractivity contribution in [2.45, 2.75) is 81.0 Å². The van der Waals surface area contributed by atoms with Crippen LogP contribution in [-0.4, -0.2) is 82.7 Å². The Morgan fingerprint density at radius 2 is 1.76 bits per heavy atom. The zero-order valence-electron chi connectivity index (χ0n) is 19.9. The zero-order chi connectivity index (χ0) is 24.0. The summed E-state index contributed by atoms with van der Waals surface area (Å²) in [4.78, 5) is 14.6. The van der Waals surface area contributed by atoms with Gasteiger partial charge in [-0.3, -0.25) is 4.79 Å². The molecule has 0 bridgehead atoms. The summed E-state index contributed by atoms with van der Waals surface area (Å²) in [5.74, 6) is 1.05. The summed E-state index contributed by atoms with van der Waals surface area (Å²) in [6, 6.07) is -0.0631. The number of carbonyl (C=O) groups is 1. The molecule has 0 spiro atoms. The van der Waals surface area contributed by atoms with Gasteiger partial charge in [-0.2, -0.15) is 0 Å². The van der Waals surface area contributed by atoms with Crippen molar-refractivity contribution in [2.75, 3.05) is 33.9 Å². The molecule has 2 N–H and O–H groups in total. The first-order valence-corrected chi connectivity index (χ1v) is 14.1. The number of likely N-dealkylation sites (tertiary alicyclic amines) is 1. The fourth-order valence-corrected chi connectivity index (χ4v) is 7.01. The van der Waals surface area contributed by atoms with Crippen LogP contribution >= 0.6 is 11.6 Å². The lowest BCUT2D eigenvalue weighted by atomic mass is 9.70. The van der Waals surface area contributed by atoms with Gasteiger partial charge in [0, 0.05) is 50.2 Å². The summed E-state index contributed by atoms with van der Waals surface area (Å²) < 4.78 is 37.2. The van der Waals surface area contributed by atoms with Gasteiger partial charge in [0.05, 0.1) is 18.8 Å². The normalized spacial score (nSPS) is 34.2. The van der Waals surface area contributed by atoms with E-state index in [0.29, 0.717) is 43.9 Å². The van der Waals surface area contributed by atoms with E-state index in [-0.39, 0.29) is 36.0 Å². The van der Waals surface area contributed by atoms with Gasteiger partial charge in [-0.05, 0) is 63.2 Å². The minimum absolute atomic E-state index is 0.00842. The van der Waals surface area contributed by atoms with Crippen LogP contribution in [0.3, 0.4) is 0 Å². The number of methoxy groups -OCH3 is 2. The van der Waals surface area contributed by atoms with Crippen LogP contribution in [0.15, 0.2) is 12.0 Å². The molecule has 0 aromatic rings. The van der Waals surface area contributed by atoms with Crippen LogP contribution in [0.25, 0.3) is 0 Å². The van der Waals surface area contributed by atoms with E-state index in [9.17, 15) is 13.2 Å². The molecule has 2 saturated carbocycles. The van der Waals surface area contributed by atoms with Crippen LogP contribution in [0.1, 0.15) is 51.4 Å². The Hall–Kier alpha value is -0.710. The third-order valence-electron chi connectivity index (χ3n) is 7.77. The monoisotopic (exact) mass is 505 g/mol. The summed E-state index contributed by atoms with van der Waals surface area (Å²) >= 11 is 6.81. The summed E-state index contributed by atoms with van der Waals surface area (Å²) in [6.07, 6.45) is 7.71. The number of halogens is 1. The maximum atomic E-state index is 12.8. The number of nitrogens with zero attached hydrogens (tertiary/aromatic N) is 1. The highest BCUT2D eigenvalue weighted by atomic mass is 35.5. The number of carbonyl (C=O) groups excluding carboxylic acids is 1. The fourth-order valence-electron chi connectivity index (χ4n) is 5.73. The Bertz CT molecular complexity index is 751. The van der Waals surface area contributed by atoms with E-state index in [1.807, 2.05) is 4.90 Å². The minimum atomic E-state index is -3.45. The largest absolute Gasteiger partial charge is 0.381 e. The molecule has 0 aromatic heterocycles. The number of alkyl halides is 1. The predicted molar refractivity (Wildman–Crippen MR) is 130 cm³/mol. The van der Waals surface area contributed by atoms with Crippen molar-refractivity contribution in [3.05, 3.63) is 12.0 Å². The average molecular weight is 506 g/mol. The Balaban J connectivity index is 1.48. The first kappa shape index (κ1) is 26.9. The highest BCUT2D eigenvalue weighted by Crippen LogP contribution is 2.41. The molecule has 8 nitrogen and oxygen atoms in total. The SMILES string of the molecule is C=CS(=O)(=O)NC1CCN(C(=O)CNC2CC(C3CCC(OC)CC3)C(Cl)CC2OC)CC1. The van der Waals surface area contributed by atoms with Crippen LogP contribution in [-0.2, 0) is 24.3 Å². The van der Waals surface area contributed by atoms with E-state index in [0.717, 1.165) is 43.9 Å². The number of hydrogen-bond acceptors (Lipinski definition) is 6. The molecular formula is C23H40ClN3O5S. The number of hydrogen-bond donors (Lipinski definition) is 2. The maximum absolute atomic E-state index is 12.8. The lowest BCUT2D eigenvalue weighted by Gasteiger charge is -2.44. The second-order valence-corrected chi connectivity index (χ2v) is 11.9. The molecular weight excluding hydrogens is 466 g/mol. The quantitative estimate of drug-likeness (QED) is 0.466. The zero-order valence-corrected chi connectivity index (χ0v) is 21.5. The van der Waals surface area contributed by atoms with Gasteiger partial charge >= 0.3 is 0 Å². The van der Waals surface area contributed by atoms with Crippen molar-refractivity contribution in [3.63, 3.8) is 0 Å². The van der Waals surface area contributed by atoms with Crippen LogP contribution in [0, 0.1) is 11.8 Å². The van der Waals surface area contributed by atoms with E-state index in [4.69, 9.17) is 21.1 Å². The molecule has 3 aliphatic rings. The fraction of sp³-hybridized carbons (Fsp3) is 0.870. The van der Waals surface area contributed by atoms with Crippen molar-refractivity contribution in [2.24, 2.45) is 11.8 Å². The van der Waals surface area contributed by atoms with E-state index in [2.05, 4.69) is 16.6 Å².